The Balaban J connectivity index is 2.78. The van der Waals surface area contributed by atoms with Gasteiger partial charge in [-0.3, -0.25) is 0 Å². The maximum Gasteiger partial charge on any atom is 0.0866 e. The second-order valence-electron chi connectivity index (χ2n) is 3.55. The van der Waals surface area contributed by atoms with Gasteiger partial charge in [-0.25, -0.2) is 0 Å². The van der Waals surface area contributed by atoms with Gasteiger partial charge in [-0.2, -0.15) is 0 Å². The van der Waals surface area contributed by atoms with Crippen LogP contribution in [0.25, 0.3) is 10.9 Å². The Morgan fingerprint density at radius 2 is 1.92 bits per heavy atom. The van der Waals surface area contributed by atoms with E-state index in [9.17, 15) is 0 Å². The lowest BCUT2D eigenvalue weighted by Crippen LogP contribution is -1.85. The van der Waals surface area contributed by atoms with Crippen LogP contribution >= 0.6 is 15.9 Å². The predicted molar refractivity (Wildman–Crippen MR) is 60.1 cm³/mol. The normalized spacial score (nSPS) is 11.4. The topological polar surface area (TPSA) is 15.8 Å². The van der Waals surface area contributed by atoms with Crippen LogP contribution in [0, 0.1) is 0 Å². The minimum Gasteiger partial charge on any atom is -0.349 e. The maximum atomic E-state index is 3.55. The van der Waals surface area contributed by atoms with Crippen molar-refractivity contribution in [2.45, 2.75) is 19.8 Å². The van der Waals surface area contributed by atoms with E-state index in [0.717, 1.165) is 4.60 Å². The summed E-state index contributed by atoms with van der Waals surface area (Å²) in [5.41, 5.74) is 2.58. The van der Waals surface area contributed by atoms with Gasteiger partial charge in [-0.15, -0.1) is 0 Å². The summed E-state index contributed by atoms with van der Waals surface area (Å²) >= 11 is 3.55. The van der Waals surface area contributed by atoms with E-state index in [0.29, 0.717) is 5.92 Å². The zero-order valence-corrected chi connectivity index (χ0v) is 9.35. The Labute approximate surface area is 86.3 Å². The lowest BCUT2D eigenvalue weighted by molar-refractivity contribution is 0.869. The van der Waals surface area contributed by atoms with Crippen LogP contribution in [0.2, 0.25) is 0 Å². The summed E-state index contributed by atoms with van der Waals surface area (Å²) in [6.07, 6.45) is 0. The third-order valence-corrected chi connectivity index (χ3v) is 2.90. The van der Waals surface area contributed by atoms with E-state index in [1.165, 1.54) is 16.5 Å². The molecule has 0 aliphatic rings. The van der Waals surface area contributed by atoms with Crippen LogP contribution in [0.15, 0.2) is 28.9 Å². The molecule has 68 valence electrons. The molecule has 2 rings (SSSR count). The van der Waals surface area contributed by atoms with Gasteiger partial charge in [0.25, 0.3) is 0 Å². The highest BCUT2D eigenvalue weighted by molar-refractivity contribution is 9.10. The fourth-order valence-electron chi connectivity index (χ4n) is 1.70. The number of H-pyrrole nitrogens is 1. The van der Waals surface area contributed by atoms with E-state index in [4.69, 9.17) is 0 Å². The minimum atomic E-state index is 0.547. The number of fused-ring (bicyclic) bond motifs is 1. The molecule has 0 amide bonds. The van der Waals surface area contributed by atoms with E-state index < -0.39 is 0 Å². The van der Waals surface area contributed by atoms with Gasteiger partial charge in [-0.1, -0.05) is 32.0 Å². The summed E-state index contributed by atoms with van der Waals surface area (Å²) < 4.78 is 1.11. The summed E-state index contributed by atoms with van der Waals surface area (Å²) in [5, 5.41) is 1.32. The summed E-state index contributed by atoms with van der Waals surface area (Å²) in [4.78, 5) is 3.33. The molecule has 0 aliphatic heterocycles. The van der Waals surface area contributed by atoms with Crippen LogP contribution in [-0.4, -0.2) is 4.98 Å². The fourth-order valence-corrected chi connectivity index (χ4v) is 2.58. The Morgan fingerprint density at radius 3 is 2.62 bits per heavy atom. The van der Waals surface area contributed by atoms with Crippen molar-refractivity contribution in [3.05, 3.63) is 34.4 Å². The van der Waals surface area contributed by atoms with Crippen LogP contribution in [0.3, 0.4) is 0 Å². The molecule has 1 nitrogen and oxygen atoms in total. The average Bonchev–Trinajstić information content (AvgIpc) is 2.39. The van der Waals surface area contributed by atoms with Gasteiger partial charge in [0, 0.05) is 10.9 Å². The second-order valence-corrected chi connectivity index (χ2v) is 4.35. The molecule has 1 N–H and O–H groups in total. The molecular weight excluding hydrogens is 226 g/mol. The highest BCUT2D eigenvalue weighted by atomic mass is 79.9. The molecule has 0 aliphatic carbocycles. The summed E-state index contributed by atoms with van der Waals surface area (Å²) in [6.45, 7) is 4.42. The number of nitrogens with one attached hydrogen (secondary N) is 1. The van der Waals surface area contributed by atoms with E-state index in [1.54, 1.807) is 0 Å². The van der Waals surface area contributed by atoms with Gasteiger partial charge in [0.15, 0.2) is 0 Å². The number of halogens is 1. The van der Waals surface area contributed by atoms with Crippen molar-refractivity contribution in [3.63, 3.8) is 0 Å². The molecule has 2 aromatic rings. The van der Waals surface area contributed by atoms with Gasteiger partial charge in [0.1, 0.15) is 0 Å². The highest BCUT2D eigenvalue weighted by Gasteiger charge is 2.11. The van der Waals surface area contributed by atoms with Crippen molar-refractivity contribution >= 4 is 26.8 Å². The first-order chi connectivity index (χ1) is 6.20. The van der Waals surface area contributed by atoms with Crippen molar-refractivity contribution in [2.75, 3.05) is 0 Å². The summed E-state index contributed by atoms with van der Waals surface area (Å²) in [7, 11) is 0. The zero-order chi connectivity index (χ0) is 9.42. The average molecular weight is 238 g/mol. The zero-order valence-electron chi connectivity index (χ0n) is 7.76. The molecule has 2 heteroatoms. The number of aromatic nitrogens is 1. The summed E-state index contributed by atoms with van der Waals surface area (Å²) in [5.74, 6) is 0.547. The largest absolute Gasteiger partial charge is 0.349 e. The standard InChI is InChI=1S/C11H12BrN/c1-7(2)10-8-5-3-4-6-9(8)13-11(10)12/h3-7,13H,1-2H3. The number of para-hydroxylation sites is 1. The number of benzene rings is 1. The molecule has 0 atom stereocenters. The second kappa shape index (κ2) is 3.18. The number of hydrogen-bond donors (Lipinski definition) is 1. The van der Waals surface area contributed by atoms with Crippen molar-refractivity contribution in [2.24, 2.45) is 0 Å². The van der Waals surface area contributed by atoms with Crippen LogP contribution in [0.4, 0.5) is 0 Å². The molecule has 13 heavy (non-hydrogen) atoms. The molecule has 0 saturated heterocycles. The molecule has 1 heterocycles. The molecule has 0 fully saturated rings. The predicted octanol–water partition coefficient (Wildman–Crippen LogP) is 4.05. The van der Waals surface area contributed by atoms with Crippen LogP contribution in [0.5, 0.6) is 0 Å². The van der Waals surface area contributed by atoms with E-state index >= 15 is 0 Å². The van der Waals surface area contributed by atoms with E-state index in [1.807, 2.05) is 0 Å². The summed E-state index contributed by atoms with van der Waals surface area (Å²) in [6, 6.07) is 8.39. The van der Waals surface area contributed by atoms with Gasteiger partial charge in [-0.05, 0) is 33.5 Å². The number of hydrogen-bond acceptors (Lipinski definition) is 0. The molecule has 0 spiro atoms. The molecule has 0 saturated carbocycles. The van der Waals surface area contributed by atoms with Gasteiger partial charge in [0.2, 0.25) is 0 Å². The van der Waals surface area contributed by atoms with Crippen molar-refractivity contribution < 1.29 is 0 Å². The molecule has 0 bridgehead atoms. The monoisotopic (exact) mass is 237 g/mol. The quantitative estimate of drug-likeness (QED) is 0.771. The van der Waals surface area contributed by atoms with Crippen LogP contribution < -0.4 is 0 Å². The van der Waals surface area contributed by atoms with Gasteiger partial charge < -0.3 is 4.98 Å². The molecule has 1 aromatic heterocycles. The van der Waals surface area contributed by atoms with Crippen molar-refractivity contribution in [3.8, 4) is 0 Å². The number of rotatable bonds is 1. The van der Waals surface area contributed by atoms with Crippen LogP contribution in [-0.2, 0) is 0 Å². The molecular formula is C11H12BrN. The Bertz CT molecular complexity index is 429. The lowest BCUT2D eigenvalue weighted by Gasteiger charge is -2.02. The lowest BCUT2D eigenvalue weighted by atomic mass is 10.0. The van der Waals surface area contributed by atoms with E-state index in [2.05, 4.69) is 59.0 Å². The molecule has 0 radical (unpaired) electrons. The highest BCUT2D eigenvalue weighted by Crippen LogP contribution is 2.31. The van der Waals surface area contributed by atoms with Gasteiger partial charge in [0.05, 0.1) is 4.60 Å². The Hall–Kier alpha value is -0.760. The smallest absolute Gasteiger partial charge is 0.0866 e. The third kappa shape index (κ3) is 1.39. The molecule has 1 aromatic carbocycles. The Morgan fingerprint density at radius 1 is 1.23 bits per heavy atom. The minimum absolute atomic E-state index is 0.547. The van der Waals surface area contributed by atoms with E-state index in [-0.39, 0.29) is 0 Å². The third-order valence-electron chi connectivity index (χ3n) is 2.28. The van der Waals surface area contributed by atoms with Crippen LogP contribution in [0.1, 0.15) is 25.3 Å². The van der Waals surface area contributed by atoms with Crippen molar-refractivity contribution in [1.29, 1.82) is 0 Å². The molecule has 0 unspecified atom stereocenters. The SMILES string of the molecule is CC(C)c1c(Br)[nH]c2ccccc12. The fraction of sp³-hybridized carbons (Fsp3) is 0.273. The maximum absolute atomic E-state index is 3.55. The van der Waals surface area contributed by atoms with Crippen molar-refractivity contribution in [1.82, 2.24) is 4.98 Å². The first-order valence-electron chi connectivity index (χ1n) is 4.46. The number of aromatic amines is 1. The Kier molecular flexibility index (Phi) is 2.16. The first kappa shape index (κ1) is 8.82. The van der Waals surface area contributed by atoms with Gasteiger partial charge >= 0.3 is 0 Å². The first-order valence-corrected chi connectivity index (χ1v) is 5.25.